The summed E-state index contributed by atoms with van der Waals surface area (Å²) in [7, 11) is -3.01. The van der Waals surface area contributed by atoms with E-state index in [2.05, 4.69) is 5.32 Å². The monoisotopic (exact) mass is 248 g/mol. The first-order valence-corrected chi connectivity index (χ1v) is 7.89. The van der Waals surface area contributed by atoms with E-state index in [-0.39, 0.29) is 0 Å². The second-order valence-electron chi connectivity index (χ2n) is 4.38. The average molecular weight is 248 g/mol. The van der Waals surface area contributed by atoms with Crippen LogP contribution in [0.1, 0.15) is 33.1 Å². The van der Waals surface area contributed by atoms with Gasteiger partial charge in [-0.25, -0.2) is 12.7 Å². The molecular formula is C11H24N2O2S. The summed E-state index contributed by atoms with van der Waals surface area (Å²) in [4.78, 5) is 0. The molecule has 0 atom stereocenters. The van der Waals surface area contributed by atoms with Crippen molar-refractivity contribution >= 4 is 10.0 Å². The summed E-state index contributed by atoms with van der Waals surface area (Å²) in [5, 5.41) is 3.30. The van der Waals surface area contributed by atoms with Crippen molar-refractivity contribution in [1.29, 1.82) is 0 Å². The second kappa shape index (κ2) is 6.57. The number of nitrogens with one attached hydrogen (secondary N) is 1. The van der Waals surface area contributed by atoms with Gasteiger partial charge in [-0.2, -0.15) is 0 Å². The molecule has 1 aliphatic heterocycles. The summed E-state index contributed by atoms with van der Waals surface area (Å²) in [5.74, 6) is 0.908. The first-order valence-electron chi connectivity index (χ1n) is 6.28. The zero-order chi connectivity index (χ0) is 12.0. The van der Waals surface area contributed by atoms with Crippen molar-refractivity contribution in [3.05, 3.63) is 0 Å². The number of hydrogen-bond donors (Lipinski definition) is 1. The van der Waals surface area contributed by atoms with E-state index in [4.69, 9.17) is 0 Å². The lowest BCUT2D eigenvalue weighted by Crippen LogP contribution is -2.34. The molecular weight excluding hydrogens is 224 g/mol. The number of hydrogen-bond acceptors (Lipinski definition) is 3. The van der Waals surface area contributed by atoms with Gasteiger partial charge in [-0.05, 0) is 38.3 Å². The summed E-state index contributed by atoms with van der Waals surface area (Å²) < 4.78 is 25.5. The molecule has 0 amide bonds. The van der Waals surface area contributed by atoms with Crippen molar-refractivity contribution in [2.24, 2.45) is 5.92 Å². The van der Waals surface area contributed by atoms with Crippen molar-refractivity contribution in [2.75, 3.05) is 31.9 Å². The Morgan fingerprint density at radius 1 is 1.19 bits per heavy atom. The number of piperidine rings is 1. The maximum atomic E-state index is 11.9. The Kier molecular flexibility index (Phi) is 5.72. The van der Waals surface area contributed by atoms with Crippen molar-refractivity contribution < 1.29 is 8.42 Å². The summed E-state index contributed by atoms with van der Waals surface area (Å²) in [6, 6.07) is 0. The van der Waals surface area contributed by atoms with Gasteiger partial charge in [-0.3, -0.25) is 0 Å². The summed E-state index contributed by atoms with van der Waals surface area (Å²) in [5.41, 5.74) is 0. The van der Waals surface area contributed by atoms with Crippen LogP contribution in [0.2, 0.25) is 0 Å². The fourth-order valence-corrected chi connectivity index (χ4v) is 3.91. The lowest BCUT2D eigenvalue weighted by atomic mass is 9.96. The third-order valence-electron chi connectivity index (χ3n) is 3.34. The van der Waals surface area contributed by atoms with Crippen LogP contribution in [0.4, 0.5) is 0 Å². The van der Waals surface area contributed by atoms with Gasteiger partial charge in [-0.1, -0.05) is 13.8 Å². The van der Waals surface area contributed by atoms with Crippen molar-refractivity contribution in [1.82, 2.24) is 9.62 Å². The van der Waals surface area contributed by atoms with Gasteiger partial charge < -0.3 is 5.32 Å². The van der Waals surface area contributed by atoms with E-state index in [0.29, 0.717) is 24.8 Å². The highest BCUT2D eigenvalue weighted by molar-refractivity contribution is 7.89. The third kappa shape index (κ3) is 4.03. The van der Waals surface area contributed by atoms with Crippen LogP contribution >= 0.6 is 0 Å². The molecule has 1 heterocycles. The van der Waals surface area contributed by atoms with Gasteiger partial charge >= 0.3 is 0 Å². The quantitative estimate of drug-likeness (QED) is 0.764. The number of nitrogens with zero attached hydrogens (tertiary/aromatic N) is 1. The molecule has 1 fully saturated rings. The highest BCUT2D eigenvalue weighted by Gasteiger charge is 2.21. The first kappa shape index (κ1) is 13.9. The average Bonchev–Trinajstić information content (AvgIpc) is 2.29. The molecule has 5 heteroatoms. The summed E-state index contributed by atoms with van der Waals surface area (Å²) in [6.45, 7) is 7.04. The molecule has 0 aromatic heterocycles. The number of rotatable bonds is 6. The molecule has 0 aromatic rings. The van der Waals surface area contributed by atoms with E-state index in [1.807, 2.05) is 13.8 Å². The van der Waals surface area contributed by atoms with Gasteiger partial charge in [0.25, 0.3) is 0 Å². The normalized spacial score (nSPS) is 19.2. The molecule has 0 saturated carbocycles. The van der Waals surface area contributed by atoms with Crippen LogP contribution in [-0.4, -0.2) is 44.7 Å². The Balaban J connectivity index is 2.40. The fourth-order valence-electron chi connectivity index (χ4n) is 2.23. The molecule has 1 N–H and O–H groups in total. The molecule has 0 radical (unpaired) electrons. The Bertz CT molecular complexity index is 280. The molecule has 96 valence electrons. The topological polar surface area (TPSA) is 49.4 Å². The van der Waals surface area contributed by atoms with E-state index in [1.54, 1.807) is 4.31 Å². The van der Waals surface area contributed by atoms with Crippen LogP contribution < -0.4 is 5.32 Å². The van der Waals surface area contributed by atoms with Gasteiger partial charge in [0.1, 0.15) is 0 Å². The minimum absolute atomic E-state index is 0.319. The van der Waals surface area contributed by atoms with Crippen LogP contribution in [-0.2, 0) is 10.0 Å². The highest BCUT2D eigenvalue weighted by Crippen LogP contribution is 2.17. The Hall–Kier alpha value is -0.130. The van der Waals surface area contributed by atoms with E-state index < -0.39 is 10.0 Å². The summed E-state index contributed by atoms with van der Waals surface area (Å²) >= 11 is 0. The minimum atomic E-state index is -3.01. The van der Waals surface area contributed by atoms with Crippen molar-refractivity contribution in [3.8, 4) is 0 Å². The Labute approximate surface area is 99.5 Å². The molecule has 1 aliphatic rings. The third-order valence-corrected chi connectivity index (χ3v) is 5.40. The SMILES string of the molecule is CCN(CC)S(=O)(=O)CCC1CCNCC1. The zero-order valence-electron chi connectivity index (χ0n) is 10.4. The molecule has 4 nitrogen and oxygen atoms in total. The van der Waals surface area contributed by atoms with E-state index in [1.165, 1.54) is 0 Å². The van der Waals surface area contributed by atoms with Crippen LogP contribution in [0.15, 0.2) is 0 Å². The number of sulfonamides is 1. The molecule has 0 unspecified atom stereocenters. The van der Waals surface area contributed by atoms with Gasteiger partial charge in [0.2, 0.25) is 10.0 Å². The lowest BCUT2D eigenvalue weighted by Gasteiger charge is -2.24. The van der Waals surface area contributed by atoms with Crippen molar-refractivity contribution in [2.45, 2.75) is 33.1 Å². The maximum absolute atomic E-state index is 11.9. The van der Waals surface area contributed by atoms with Gasteiger partial charge in [0.15, 0.2) is 0 Å². The fraction of sp³-hybridized carbons (Fsp3) is 1.00. The smallest absolute Gasteiger partial charge is 0.214 e. The van der Waals surface area contributed by atoms with Crippen LogP contribution in [0, 0.1) is 5.92 Å². The Morgan fingerprint density at radius 2 is 1.75 bits per heavy atom. The standard InChI is InChI=1S/C11H24N2O2S/c1-3-13(4-2)16(14,15)10-7-11-5-8-12-9-6-11/h11-12H,3-10H2,1-2H3. The van der Waals surface area contributed by atoms with Crippen molar-refractivity contribution in [3.63, 3.8) is 0 Å². The van der Waals surface area contributed by atoms with Gasteiger partial charge in [-0.15, -0.1) is 0 Å². The molecule has 1 rings (SSSR count). The van der Waals surface area contributed by atoms with E-state index in [0.717, 1.165) is 32.4 Å². The van der Waals surface area contributed by atoms with E-state index >= 15 is 0 Å². The first-order chi connectivity index (χ1) is 7.60. The minimum Gasteiger partial charge on any atom is -0.317 e. The van der Waals surface area contributed by atoms with E-state index in [9.17, 15) is 8.42 Å². The largest absolute Gasteiger partial charge is 0.317 e. The lowest BCUT2D eigenvalue weighted by molar-refractivity contribution is 0.361. The molecule has 16 heavy (non-hydrogen) atoms. The van der Waals surface area contributed by atoms with Crippen LogP contribution in [0.25, 0.3) is 0 Å². The molecule has 0 bridgehead atoms. The van der Waals surface area contributed by atoms with Gasteiger partial charge in [0.05, 0.1) is 5.75 Å². The maximum Gasteiger partial charge on any atom is 0.214 e. The highest BCUT2D eigenvalue weighted by atomic mass is 32.2. The molecule has 0 aliphatic carbocycles. The molecule has 0 spiro atoms. The second-order valence-corrected chi connectivity index (χ2v) is 6.47. The van der Waals surface area contributed by atoms with Crippen LogP contribution in [0.3, 0.4) is 0 Å². The zero-order valence-corrected chi connectivity index (χ0v) is 11.2. The Morgan fingerprint density at radius 3 is 2.25 bits per heavy atom. The predicted octanol–water partition coefficient (Wildman–Crippen LogP) is 1.05. The van der Waals surface area contributed by atoms with Gasteiger partial charge in [0, 0.05) is 13.1 Å². The van der Waals surface area contributed by atoms with Crippen LogP contribution in [0.5, 0.6) is 0 Å². The molecule has 0 aromatic carbocycles. The predicted molar refractivity (Wildman–Crippen MR) is 66.9 cm³/mol. The molecule has 1 saturated heterocycles. The summed E-state index contributed by atoms with van der Waals surface area (Å²) in [6.07, 6.45) is 3.06.